The number of anilines is 1. The summed E-state index contributed by atoms with van der Waals surface area (Å²) in [5.41, 5.74) is 1.33. The molecule has 0 saturated heterocycles. The Morgan fingerprint density at radius 2 is 1.73 bits per heavy atom. The lowest BCUT2D eigenvalue weighted by Gasteiger charge is -2.22. The van der Waals surface area contributed by atoms with Crippen LogP contribution in [0.5, 0.6) is 11.5 Å². The first kappa shape index (κ1) is 26.7. The summed E-state index contributed by atoms with van der Waals surface area (Å²) in [5, 5.41) is 0.432. The average molecular weight is 504 g/mol. The fourth-order valence-electron chi connectivity index (χ4n) is 2.97. The van der Waals surface area contributed by atoms with Crippen LogP contribution in [-0.4, -0.2) is 55.9 Å². The fraction of sp³-hybridized carbons (Fsp3) is 0.364. The van der Waals surface area contributed by atoms with E-state index in [2.05, 4.69) is 9.72 Å². The number of amides is 1. The van der Waals surface area contributed by atoms with Gasteiger partial charge in [-0.1, -0.05) is 23.5 Å². The first-order valence-corrected chi connectivity index (χ1v) is 10.8. The number of ether oxygens (including phenoxy) is 2. The summed E-state index contributed by atoms with van der Waals surface area (Å²) in [6.07, 6.45) is -4.61. The minimum Gasteiger partial charge on any atom is -0.494 e. The number of halogens is 4. The van der Waals surface area contributed by atoms with Gasteiger partial charge in [-0.05, 0) is 50.8 Å². The van der Waals surface area contributed by atoms with Crippen LogP contribution < -0.4 is 14.4 Å². The maximum Gasteiger partial charge on any atom is 0.573 e. The third kappa shape index (κ3) is 7.76. The molecule has 0 saturated carbocycles. The van der Waals surface area contributed by atoms with Gasteiger partial charge in [0.25, 0.3) is 0 Å². The van der Waals surface area contributed by atoms with Crippen LogP contribution in [0.3, 0.4) is 0 Å². The second kappa shape index (κ2) is 11.5. The van der Waals surface area contributed by atoms with E-state index in [4.69, 9.17) is 4.74 Å². The Balaban J connectivity index is 0.00000385. The van der Waals surface area contributed by atoms with Gasteiger partial charge in [-0.3, -0.25) is 9.69 Å². The highest BCUT2D eigenvalue weighted by Gasteiger charge is 2.31. The highest BCUT2D eigenvalue weighted by atomic mass is 35.5. The third-order valence-corrected chi connectivity index (χ3v) is 5.52. The zero-order valence-electron chi connectivity index (χ0n) is 18.4. The molecule has 0 radical (unpaired) electrons. The predicted molar refractivity (Wildman–Crippen MR) is 126 cm³/mol. The van der Waals surface area contributed by atoms with Crippen molar-refractivity contribution in [3.05, 3.63) is 48.0 Å². The molecule has 180 valence electrons. The molecule has 0 fully saturated rings. The number of fused-ring (bicyclic) bond motifs is 1. The van der Waals surface area contributed by atoms with E-state index < -0.39 is 6.36 Å². The van der Waals surface area contributed by atoms with Gasteiger partial charge in [0.1, 0.15) is 11.5 Å². The van der Waals surface area contributed by atoms with Crippen molar-refractivity contribution in [2.75, 3.05) is 38.7 Å². The van der Waals surface area contributed by atoms with Crippen molar-refractivity contribution in [2.45, 2.75) is 19.7 Å². The Bertz CT molecular complexity index is 1060. The van der Waals surface area contributed by atoms with Crippen LogP contribution in [0.2, 0.25) is 0 Å². The molecule has 0 aliphatic heterocycles. The lowest BCUT2D eigenvalue weighted by molar-refractivity contribution is -0.274. The predicted octanol–water partition coefficient (Wildman–Crippen LogP) is 5.15. The molecule has 3 rings (SSSR count). The number of nitrogens with zero attached hydrogens (tertiary/aromatic N) is 3. The van der Waals surface area contributed by atoms with Crippen LogP contribution in [0, 0.1) is 0 Å². The molecule has 11 heteroatoms. The summed E-state index contributed by atoms with van der Waals surface area (Å²) in [4.78, 5) is 21.1. The zero-order chi connectivity index (χ0) is 23.3. The summed E-state index contributed by atoms with van der Waals surface area (Å²) in [6, 6.07) is 11.3. The monoisotopic (exact) mass is 503 g/mol. The molecule has 3 aromatic rings. The number of benzene rings is 2. The smallest absolute Gasteiger partial charge is 0.494 e. The van der Waals surface area contributed by atoms with Crippen molar-refractivity contribution >= 4 is 45.0 Å². The molecule has 0 spiro atoms. The Morgan fingerprint density at radius 1 is 1.06 bits per heavy atom. The fourth-order valence-corrected chi connectivity index (χ4v) is 4.01. The number of carbonyl (C=O) groups excluding carboxylic acids is 1. The van der Waals surface area contributed by atoms with Crippen molar-refractivity contribution in [1.29, 1.82) is 0 Å². The molecule has 2 aromatic carbocycles. The molecule has 0 atom stereocenters. The molecule has 0 bridgehead atoms. The van der Waals surface area contributed by atoms with Crippen LogP contribution >= 0.6 is 23.7 Å². The Kier molecular flexibility index (Phi) is 9.33. The quantitative estimate of drug-likeness (QED) is 0.404. The summed E-state index contributed by atoms with van der Waals surface area (Å²) in [7, 11) is 3.79. The molecule has 33 heavy (non-hydrogen) atoms. The van der Waals surface area contributed by atoms with Gasteiger partial charge in [0, 0.05) is 19.2 Å². The van der Waals surface area contributed by atoms with Crippen molar-refractivity contribution in [2.24, 2.45) is 0 Å². The first-order valence-electron chi connectivity index (χ1n) is 9.98. The van der Waals surface area contributed by atoms with Crippen LogP contribution in [0.15, 0.2) is 42.5 Å². The van der Waals surface area contributed by atoms with Crippen LogP contribution in [0.1, 0.15) is 12.5 Å². The highest BCUT2D eigenvalue weighted by Crippen LogP contribution is 2.33. The number of hydrogen-bond acceptors (Lipinski definition) is 6. The molecular weight excluding hydrogens is 479 g/mol. The van der Waals surface area contributed by atoms with E-state index in [-0.39, 0.29) is 30.5 Å². The maximum absolute atomic E-state index is 13.1. The van der Waals surface area contributed by atoms with Crippen molar-refractivity contribution in [1.82, 2.24) is 9.88 Å². The minimum absolute atomic E-state index is 0. The van der Waals surface area contributed by atoms with Crippen LogP contribution in [0.4, 0.5) is 18.3 Å². The molecule has 0 unspecified atom stereocenters. The van der Waals surface area contributed by atoms with Gasteiger partial charge >= 0.3 is 6.36 Å². The normalized spacial score (nSPS) is 11.4. The molecule has 1 amide bonds. The van der Waals surface area contributed by atoms with Crippen molar-refractivity contribution in [3.8, 4) is 11.5 Å². The molecule has 1 aromatic heterocycles. The van der Waals surface area contributed by atoms with E-state index in [1.165, 1.54) is 18.2 Å². The highest BCUT2D eigenvalue weighted by molar-refractivity contribution is 7.22. The van der Waals surface area contributed by atoms with E-state index in [1.807, 2.05) is 50.2 Å². The van der Waals surface area contributed by atoms with Gasteiger partial charge in [0.15, 0.2) is 5.13 Å². The number of rotatable bonds is 9. The third-order valence-electron chi connectivity index (χ3n) is 4.47. The van der Waals surface area contributed by atoms with Crippen LogP contribution in [0.25, 0.3) is 10.2 Å². The number of carbonyl (C=O) groups is 1. The summed E-state index contributed by atoms with van der Waals surface area (Å²) >= 11 is 1.15. The van der Waals surface area contributed by atoms with Gasteiger partial charge in [-0.2, -0.15) is 0 Å². The standard InChI is InChI=1S/C22H24F3N3O3S.ClH/c1-4-30-16-7-5-15(6-8-16)13-20(29)28(12-11-27(2)3)21-26-18-10-9-17(14-19(18)32-21)31-22(23,24)25;/h5-10,14H,4,11-13H2,1-3H3;1H. The topological polar surface area (TPSA) is 54.9 Å². The number of hydrogen-bond donors (Lipinski definition) is 0. The lowest BCUT2D eigenvalue weighted by atomic mass is 10.1. The van der Waals surface area contributed by atoms with E-state index in [0.717, 1.165) is 22.6 Å². The SMILES string of the molecule is CCOc1ccc(CC(=O)N(CCN(C)C)c2nc3ccc(OC(F)(F)F)cc3s2)cc1.Cl. The Labute approximate surface area is 200 Å². The number of likely N-dealkylation sites (N-methyl/N-ethyl adjacent to an activating group) is 1. The van der Waals surface area contributed by atoms with Crippen molar-refractivity contribution in [3.63, 3.8) is 0 Å². The molecule has 0 aliphatic rings. The van der Waals surface area contributed by atoms with E-state index >= 15 is 0 Å². The average Bonchev–Trinajstić information content (AvgIpc) is 3.11. The zero-order valence-corrected chi connectivity index (χ0v) is 20.0. The first-order chi connectivity index (χ1) is 15.1. The van der Waals surface area contributed by atoms with Gasteiger partial charge in [-0.15, -0.1) is 25.6 Å². The van der Waals surface area contributed by atoms with Gasteiger partial charge in [0.2, 0.25) is 5.91 Å². The molecular formula is C22H25ClF3N3O3S. The second-order valence-electron chi connectivity index (χ2n) is 7.28. The Morgan fingerprint density at radius 3 is 2.33 bits per heavy atom. The molecule has 0 N–H and O–H groups in total. The maximum atomic E-state index is 13.1. The van der Waals surface area contributed by atoms with E-state index in [1.54, 1.807) is 4.90 Å². The summed E-state index contributed by atoms with van der Waals surface area (Å²) in [6.45, 7) is 3.46. The summed E-state index contributed by atoms with van der Waals surface area (Å²) in [5.74, 6) is 0.263. The van der Waals surface area contributed by atoms with E-state index in [9.17, 15) is 18.0 Å². The molecule has 0 aliphatic carbocycles. The number of alkyl halides is 3. The molecule has 1 heterocycles. The lowest BCUT2D eigenvalue weighted by Crippen LogP contribution is -2.37. The van der Waals surface area contributed by atoms with Gasteiger partial charge in [-0.25, -0.2) is 4.98 Å². The van der Waals surface area contributed by atoms with E-state index in [0.29, 0.717) is 35.0 Å². The largest absolute Gasteiger partial charge is 0.573 e. The Hall–Kier alpha value is -2.56. The van der Waals surface area contributed by atoms with Gasteiger partial charge in [0.05, 0.1) is 23.2 Å². The number of thiazole rings is 1. The van der Waals surface area contributed by atoms with Gasteiger partial charge < -0.3 is 14.4 Å². The van der Waals surface area contributed by atoms with Crippen LogP contribution in [-0.2, 0) is 11.2 Å². The van der Waals surface area contributed by atoms with Crippen molar-refractivity contribution < 1.29 is 27.4 Å². The minimum atomic E-state index is -4.77. The molecule has 6 nitrogen and oxygen atoms in total. The second-order valence-corrected chi connectivity index (χ2v) is 8.29. The number of aromatic nitrogens is 1. The summed E-state index contributed by atoms with van der Waals surface area (Å²) < 4.78 is 47.5.